The van der Waals surface area contributed by atoms with Crippen molar-refractivity contribution in [1.29, 1.82) is 0 Å². The first-order valence-electron chi connectivity index (χ1n) is 9.11. The normalized spacial score (nSPS) is 12.2. The number of benzene rings is 2. The predicted molar refractivity (Wildman–Crippen MR) is 109 cm³/mol. The van der Waals surface area contributed by atoms with Crippen LogP contribution in [0.15, 0.2) is 46.9 Å². The monoisotopic (exact) mass is 382 g/mol. The van der Waals surface area contributed by atoms with Crippen LogP contribution in [0, 0.1) is 6.92 Å². The summed E-state index contributed by atoms with van der Waals surface area (Å²) in [6, 6.07) is 13.4. The van der Waals surface area contributed by atoms with Crippen LogP contribution in [0.5, 0.6) is 11.5 Å². The number of methoxy groups -OCH3 is 2. The number of aryl methyl sites for hydroxylation is 1. The Hall–Kier alpha value is -2.99. The Morgan fingerprint density at radius 2 is 1.82 bits per heavy atom. The molecular weight excluding hydrogens is 356 g/mol. The van der Waals surface area contributed by atoms with Gasteiger partial charge in [-0.1, -0.05) is 24.3 Å². The quantitative estimate of drug-likeness (QED) is 0.674. The Morgan fingerprint density at radius 1 is 1.11 bits per heavy atom. The molecule has 1 aromatic heterocycles. The largest absolute Gasteiger partial charge is 0.493 e. The van der Waals surface area contributed by atoms with Crippen LogP contribution in [0.2, 0.25) is 0 Å². The van der Waals surface area contributed by atoms with Crippen LogP contribution < -0.4 is 14.8 Å². The lowest BCUT2D eigenvalue weighted by atomic mass is 10.0. The summed E-state index contributed by atoms with van der Waals surface area (Å²) >= 11 is 0. The summed E-state index contributed by atoms with van der Waals surface area (Å²) in [5.74, 6) is 1.46. The minimum absolute atomic E-state index is 0.0339. The van der Waals surface area contributed by atoms with Gasteiger partial charge < -0.3 is 24.1 Å². The summed E-state index contributed by atoms with van der Waals surface area (Å²) in [7, 11) is 7.16. The van der Waals surface area contributed by atoms with Crippen molar-refractivity contribution in [3.63, 3.8) is 0 Å². The number of carbonyl (C=O) groups excluding carboxylic acids is 1. The van der Waals surface area contributed by atoms with Crippen molar-refractivity contribution in [2.45, 2.75) is 13.0 Å². The maximum atomic E-state index is 12.7. The molecule has 3 rings (SSSR count). The van der Waals surface area contributed by atoms with E-state index in [4.69, 9.17) is 13.9 Å². The molecule has 0 aliphatic rings. The number of carbonyl (C=O) groups is 1. The molecule has 1 N–H and O–H groups in total. The van der Waals surface area contributed by atoms with Crippen molar-refractivity contribution in [1.82, 2.24) is 10.2 Å². The van der Waals surface area contributed by atoms with Crippen molar-refractivity contribution >= 4 is 16.9 Å². The minimum Gasteiger partial charge on any atom is -0.493 e. The molecule has 0 bridgehead atoms. The van der Waals surface area contributed by atoms with Gasteiger partial charge in [-0.2, -0.15) is 0 Å². The highest BCUT2D eigenvalue weighted by Crippen LogP contribution is 2.31. The van der Waals surface area contributed by atoms with Crippen molar-refractivity contribution in [3.8, 4) is 11.5 Å². The van der Waals surface area contributed by atoms with Crippen LogP contribution >= 0.6 is 0 Å². The zero-order valence-corrected chi connectivity index (χ0v) is 16.9. The van der Waals surface area contributed by atoms with E-state index in [9.17, 15) is 4.79 Å². The number of fused-ring (bicyclic) bond motifs is 1. The van der Waals surface area contributed by atoms with Gasteiger partial charge in [0.25, 0.3) is 5.91 Å². The van der Waals surface area contributed by atoms with Crippen LogP contribution in [-0.4, -0.2) is 45.7 Å². The van der Waals surface area contributed by atoms with Gasteiger partial charge in [0.1, 0.15) is 5.58 Å². The number of likely N-dealkylation sites (N-methyl/N-ethyl adjacent to an activating group) is 1. The summed E-state index contributed by atoms with van der Waals surface area (Å²) in [6.45, 7) is 2.33. The van der Waals surface area contributed by atoms with Gasteiger partial charge in [0.05, 0.1) is 20.3 Å². The first-order chi connectivity index (χ1) is 13.5. The number of nitrogens with zero attached hydrogens (tertiary/aromatic N) is 1. The SMILES string of the molecule is COc1ccc(C(CNC(=O)c2oc3ccccc3c2C)N(C)C)cc1OC. The summed E-state index contributed by atoms with van der Waals surface area (Å²) in [6.07, 6.45) is 0. The van der Waals surface area contributed by atoms with E-state index in [1.807, 2.05) is 68.4 Å². The van der Waals surface area contributed by atoms with Gasteiger partial charge in [0.2, 0.25) is 0 Å². The van der Waals surface area contributed by atoms with Gasteiger partial charge in [0.15, 0.2) is 17.3 Å². The fraction of sp³-hybridized carbons (Fsp3) is 0.318. The summed E-state index contributed by atoms with van der Waals surface area (Å²) in [5, 5.41) is 3.96. The first kappa shape index (κ1) is 19.8. The highest BCUT2D eigenvalue weighted by Gasteiger charge is 2.21. The first-order valence-corrected chi connectivity index (χ1v) is 9.11. The molecule has 28 heavy (non-hydrogen) atoms. The lowest BCUT2D eigenvalue weighted by Gasteiger charge is -2.25. The molecule has 0 aliphatic heterocycles. The van der Waals surface area contributed by atoms with Gasteiger partial charge in [-0.15, -0.1) is 0 Å². The fourth-order valence-corrected chi connectivity index (χ4v) is 3.32. The van der Waals surface area contributed by atoms with Crippen molar-refractivity contribution in [2.24, 2.45) is 0 Å². The molecule has 0 saturated heterocycles. The molecular formula is C22H26N2O4. The highest BCUT2D eigenvalue weighted by molar-refractivity contribution is 5.98. The van der Waals surface area contributed by atoms with Crippen molar-refractivity contribution in [2.75, 3.05) is 34.9 Å². The second-order valence-electron chi connectivity index (χ2n) is 6.86. The Bertz CT molecular complexity index is 978. The van der Waals surface area contributed by atoms with E-state index in [0.29, 0.717) is 29.4 Å². The van der Waals surface area contributed by atoms with Crippen molar-refractivity contribution < 1.29 is 18.7 Å². The van der Waals surface area contributed by atoms with E-state index < -0.39 is 0 Å². The zero-order chi connectivity index (χ0) is 20.3. The topological polar surface area (TPSA) is 63.9 Å². The molecule has 0 fully saturated rings. The van der Waals surface area contributed by atoms with Crippen LogP contribution in [-0.2, 0) is 0 Å². The van der Waals surface area contributed by atoms with Gasteiger partial charge in [-0.3, -0.25) is 4.79 Å². The van der Waals surface area contributed by atoms with E-state index in [0.717, 1.165) is 16.5 Å². The average Bonchev–Trinajstić information content (AvgIpc) is 3.04. The number of hydrogen-bond donors (Lipinski definition) is 1. The summed E-state index contributed by atoms with van der Waals surface area (Å²) in [5.41, 5.74) is 2.58. The third kappa shape index (κ3) is 3.82. The van der Waals surface area contributed by atoms with Gasteiger partial charge in [-0.25, -0.2) is 0 Å². The van der Waals surface area contributed by atoms with Crippen molar-refractivity contribution in [3.05, 3.63) is 59.4 Å². The second-order valence-corrected chi connectivity index (χ2v) is 6.86. The molecule has 0 spiro atoms. The second kappa shape index (κ2) is 8.35. The van der Waals surface area contributed by atoms with E-state index in [2.05, 4.69) is 5.32 Å². The van der Waals surface area contributed by atoms with E-state index in [-0.39, 0.29) is 11.9 Å². The van der Waals surface area contributed by atoms with Crippen LogP contribution in [0.3, 0.4) is 0 Å². The smallest absolute Gasteiger partial charge is 0.287 e. The number of hydrogen-bond acceptors (Lipinski definition) is 5. The third-order valence-corrected chi connectivity index (χ3v) is 4.92. The molecule has 0 aliphatic carbocycles. The average molecular weight is 382 g/mol. The predicted octanol–water partition coefficient (Wildman–Crippen LogP) is 3.79. The fourth-order valence-electron chi connectivity index (χ4n) is 3.32. The lowest BCUT2D eigenvalue weighted by molar-refractivity contribution is 0.0915. The lowest BCUT2D eigenvalue weighted by Crippen LogP contribution is -2.34. The zero-order valence-electron chi connectivity index (χ0n) is 16.9. The molecule has 0 radical (unpaired) electrons. The maximum Gasteiger partial charge on any atom is 0.287 e. The molecule has 0 saturated carbocycles. The molecule has 1 heterocycles. The van der Waals surface area contributed by atoms with E-state index in [1.54, 1.807) is 14.2 Å². The number of furan rings is 1. The molecule has 6 heteroatoms. The Morgan fingerprint density at radius 3 is 2.46 bits per heavy atom. The van der Waals surface area contributed by atoms with Gasteiger partial charge in [-0.05, 0) is 44.8 Å². The van der Waals surface area contributed by atoms with Crippen LogP contribution in [0.4, 0.5) is 0 Å². The number of ether oxygens (including phenoxy) is 2. The molecule has 148 valence electrons. The number of nitrogens with one attached hydrogen (secondary N) is 1. The Balaban J connectivity index is 1.79. The summed E-state index contributed by atoms with van der Waals surface area (Å²) < 4.78 is 16.5. The van der Waals surface area contributed by atoms with E-state index in [1.165, 1.54) is 0 Å². The standard InChI is InChI=1S/C22H26N2O4/c1-14-16-8-6-7-9-18(16)28-21(14)22(25)23-13-17(24(2)3)15-10-11-19(26-4)20(12-15)27-5/h6-12,17H,13H2,1-5H3,(H,23,25). The third-order valence-electron chi connectivity index (χ3n) is 4.92. The Kier molecular flexibility index (Phi) is 5.90. The molecule has 1 atom stereocenters. The Labute approximate surface area is 165 Å². The minimum atomic E-state index is -0.221. The molecule has 2 aromatic carbocycles. The summed E-state index contributed by atoms with van der Waals surface area (Å²) in [4.78, 5) is 14.8. The molecule has 3 aromatic rings. The molecule has 1 amide bonds. The highest BCUT2D eigenvalue weighted by atomic mass is 16.5. The maximum absolute atomic E-state index is 12.7. The van der Waals surface area contributed by atoms with Gasteiger partial charge in [0, 0.05) is 17.5 Å². The van der Waals surface area contributed by atoms with Crippen LogP contribution in [0.25, 0.3) is 11.0 Å². The number of para-hydroxylation sites is 1. The number of rotatable bonds is 7. The van der Waals surface area contributed by atoms with Gasteiger partial charge >= 0.3 is 0 Å². The molecule has 6 nitrogen and oxygen atoms in total. The van der Waals surface area contributed by atoms with E-state index >= 15 is 0 Å². The van der Waals surface area contributed by atoms with Crippen LogP contribution in [0.1, 0.15) is 27.7 Å². The molecule has 1 unspecified atom stereocenters. The number of amides is 1.